The van der Waals surface area contributed by atoms with Crippen LogP contribution in [0, 0.1) is 30.6 Å². The smallest absolute Gasteiger partial charge is 0.307 e. The number of anilines is 1. The molecular formula is C14H18N2O3S. The Hall–Kier alpha value is -1.43. The van der Waals surface area contributed by atoms with Crippen molar-refractivity contribution in [3.63, 3.8) is 0 Å². The van der Waals surface area contributed by atoms with Gasteiger partial charge in [0.25, 0.3) is 0 Å². The summed E-state index contributed by atoms with van der Waals surface area (Å²) in [6.45, 7) is 1.93. The van der Waals surface area contributed by atoms with Crippen molar-refractivity contribution in [2.75, 3.05) is 5.32 Å². The van der Waals surface area contributed by atoms with Crippen molar-refractivity contribution in [2.24, 2.45) is 23.7 Å². The van der Waals surface area contributed by atoms with Gasteiger partial charge in [-0.15, -0.1) is 11.3 Å². The number of amides is 1. The SMILES string of the molecule is Cc1cnc(NC(=O)C2C3CCC(CC3)C2C(=O)O)s1. The van der Waals surface area contributed by atoms with Gasteiger partial charge in [-0.1, -0.05) is 0 Å². The van der Waals surface area contributed by atoms with Crippen molar-refractivity contribution < 1.29 is 14.7 Å². The van der Waals surface area contributed by atoms with Gasteiger partial charge >= 0.3 is 5.97 Å². The van der Waals surface area contributed by atoms with E-state index < -0.39 is 17.8 Å². The number of aryl methyl sites for hydroxylation is 1. The van der Waals surface area contributed by atoms with Crippen LogP contribution in [0.1, 0.15) is 30.6 Å². The molecule has 0 radical (unpaired) electrons. The second kappa shape index (κ2) is 5.16. The summed E-state index contributed by atoms with van der Waals surface area (Å²) in [5, 5.41) is 12.8. The molecule has 6 heteroatoms. The van der Waals surface area contributed by atoms with Gasteiger partial charge < -0.3 is 10.4 Å². The lowest BCUT2D eigenvalue weighted by Gasteiger charge is -2.45. The van der Waals surface area contributed by atoms with E-state index in [1.807, 2.05) is 6.92 Å². The van der Waals surface area contributed by atoms with Crippen LogP contribution < -0.4 is 5.32 Å². The largest absolute Gasteiger partial charge is 0.481 e. The lowest BCUT2D eigenvalue weighted by molar-refractivity contribution is -0.156. The molecule has 0 saturated heterocycles. The summed E-state index contributed by atoms with van der Waals surface area (Å²) in [7, 11) is 0. The Morgan fingerprint density at radius 2 is 1.85 bits per heavy atom. The Balaban J connectivity index is 1.79. The zero-order valence-electron chi connectivity index (χ0n) is 11.3. The minimum Gasteiger partial charge on any atom is -0.481 e. The van der Waals surface area contributed by atoms with Crippen LogP contribution in [0.15, 0.2) is 6.20 Å². The summed E-state index contributed by atoms with van der Waals surface area (Å²) in [5.41, 5.74) is 0. The molecule has 0 aromatic carbocycles. The highest BCUT2D eigenvalue weighted by Gasteiger charge is 2.50. The Morgan fingerprint density at radius 3 is 2.35 bits per heavy atom. The van der Waals surface area contributed by atoms with Gasteiger partial charge in [-0.05, 0) is 44.4 Å². The topological polar surface area (TPSA) is 79.3 Å². The number of hydrogen-bond acceptors (Lipinski definition) is 4. The second-order valence-corrected chi connectivity index (χ2v) is 7.06. The van der Waals surface area contributed by atoms with Gasteiger partial charge in [0, 0.05) is 11.1 Å². The molecular weight excluding hydrogens is 276 g/mol. The summed E-state index contributed by atoms with van der Waals surface area (Å²) >= 11 is 1.42. The van der Waals surface area contributed by atoms with Crippen LogP contribution in [-0.4, -0.2) is 22.0 Å². The summed E-state index contributed by atoms with van der Waals surface area (Å²) in [6.07, 6.45) is 5.55. The van der Waals surface area contributed by atoms with E-state index in [9.17, 15) is 14.7 Å². The number of aromatic nitrogens is 1. The highest BCUT2D eigenvalue weighted by Crippen LogP contribution is 2.49. The van der Waals surface area contributed by atoms with E-state index >= 15 is 0 Å². The van der Waals surface area contributed by atoms with Crippen molar-refractivity contribution in [2.45, 2.75) is 32.6 Å². The Bertz CT molecular complexity index is 534. The van der Waals surface area contributed by atoms with Crippen LogP contribution in [0.2, 0.25) is 0 Å². The lowest BCUT2D eigenvalue weighted by atomic mass is 9.58. The third-order valence-corrected chi connectivity index (χ3v) is 5.49. The van der Waals surface area contributed by atoms with Crippen molar-refractivity contribution in [3.05, 3.63) is 11.1 Å². The van der Waals surface area contributed by atoms with E-state index in [1.54, 1.807) is 6.20 Å². The molecule has 2 N–H and O–H groups in total. The molecule has 4 rings (SSSR count). The number of aliphatic carboxylic acids is 1. The highest BCUT2D eigenvalue weighted by atomic mass is 32.1. The van der Waals surface area contributed by atoms with Gasteiger partial charge in [-0.2, -0.15) is 0 Å². The van der Waals surface area contributed by atoms with Crippen LogP contribution in [0.3, 0.4) is 0 Å². The molecule has 5 nitrogen and oxygen atoms in total. The monoisotopic (exact) mass is 294 g/mol. The standard InChI is InChI=1S/C14H18N2O3S/c1-7-6-15-14(20-7)16-12(17)10-8-2-4-9(5-3-8)11(10)13(18)19/h6,8-11H,2-5H2,1H3,(H,18,19)(H,15,16,17). The van der Waals surface area contributed by atoms with E-state index in [1.165, 1.54) is 11.3 Å². The van der Waals surface area contributed by atoms with Gasteiger partial charge in [-0.3, -0.25) is 9.59 Å². The molecule has 0 aliphatic heterocycles. The van der Waals surface area contributed by atoms with Crippen molar-refractivity contribution in [1.29, 1.82) is 0 Å². The first-order valence-electron chi connectivity index (χ1n) is 7.02. The zero-order chi connectivity index (χ0) is 14.3. The zero-order valence-corrected chi connectivity index (χ0v) is 12.2. The maximum atomic E-state index is 12.5. The molecule has 2 atom stereocenters. The molecule has 108 valence electrons. The summed E-state index contributed by atoms with van der Waals surface area (Å²) in [5.74, 6) is -1.54. The predicted molar refractivity (Wildman–Crippen MR) is 75.5 cm³/mol. The van der Waals surface area contributed by atoms with Crippen molar-refractivity contribution in [3.8, 4) is 0 Å². The fourth-order valence-corrected chi connectivity index (χ4v) is 4.45. The average molecular weight is 294 g/mol. The molecule has 1 aromatic rings. The second-order valence-electron chi connectivity index (χ2n) is 5.83. The predicted octanol–water partition coefficient (Wildman–Crippen LogP) is 2.53. The minimum atomic E-state index is -0.824. The minimum absolute atomic E-state index is 0.159. The Kier molecular flexibility index (Phi) is 3.50. The summed E-state index contributed by atoms with van der Waals surface area (Å²) in [4.78, 5) is 29.1. The highest BCUT2D eigenvalue weighted by molar-refractivity contribution is 7.15. The van der Waals surface area contributed by atoms with E-state index in [0.29, 0.717) is 5.13 Å². The summed E-state index contributed by atoms with van der Waals surface area (Å²) in [6, 6.07) is 0. The number of thiazole rings is 1. The molecule has 1 heterocycles. The van der Waals surface area contributed by atoms with E-state index in [-0.39, 0.29) is 17.7 Å². The maximum absolute atomic E-state index is 12.5. The Labute approximate surface area is 121 Å². The van der Waals surface area contributed by atoms with Gasteiger partial charge in [0.1, 0.15) is 0 Å². The van der Waals surface area contributed by atoms with E-state index in [4.69, 9.17) is 0 Å². The summed E-state index contributed by atoms with van der Waals surface area (Å²) < 4.78 is 0. The molecule has 2 bridgehead atoms. The molecule has 3 fully saturated rings. The first kappa shape index (κ1) is 13.5. The van der Waals surface area contributed by atoms with E-state index in [0.717, 1.165) is 30.6 Å². The van der Waals surface area contributed by atoms with Crippen LogP contribution in [0.5, 0.6) is 0 Å². The van der Waals surface area contributed by atoms with Gasteiger partial charge in [0.2, 0.25) is 5.91 Å². The number of hydrogen-bond donors (Lipinski definition) is 2. The molecule has 0 spiro atoms. The number of rotatable bonds is 3. The Morgan fingerprint density at radius 1 is 1.25 bits per heavy atom. The maximum Gasteiger partial charge on any atom is 0.307 e. The van der Waals surface area contributed by atoms with E-state index in [2.05, 4.69) is 10.3 Å². The first-order chi connectivity index (χ1) is 9.56. The number of carbonyl (C=O) groups excluding carboxylic acids is 1. The third-order valence-electron chi connectivity index (χ3n) is 4.66. The fraction of sp³-hybridized carbons (Fsp3) is 0.643. The molecule has 3 saturated carbocycles. The van der Waals surface area contributed by atoms with Crippen LogP contribution in [-0.2, 0) is 9.59 Å². The fourth-order valence-electron chi connectivity index (χ4n) is 3.78. The third kappa shape index (κ3) is 2.32. The van der Waals surface area contributed by atoms with Crippen molar-refractivity contribution >= 4 is 28.3 Å². The van der Waals surface area contributed by atoms with Crippen molar-refractivity contribution in [1.82, 2.24) is 4.98 Å². The van der Waals surface area contributed by atoms with Gasteiger partial charge in [0.15, 0.2) is 5.13 Å². The van der Waals surface area contributed by atoms with Gasteiger partial charge in [0.05, 0.1) is 11.8 Å². The molecule has 3 aliphatic carbocycles. The number of carboxylic acid groups (broad SMARTS) is 1. The number of carbonyl (C=O) groups is 2. The number of carboxylic acids is 1. The molecule has 1 aromatic heterocycles. The molecule has 3 aliphatic rings. The number of nitrogens with one attached hydrogen (secondary N) is 1. The molecule has 2 unspecified atom stereocenters. The normalized spacial score (nSPS) is 32.0. The molecule has 1 amide bonds. The number of fused-ring (bicyclic) bond motifs is 3. The van der Waals surface area contributed by atoms with Gasteiger partial charge in [-0.25, -0.2) is 4.98 Å². The van der Waals surface area contributed by atoms with Crippen LogP contribution in [0.25, 0.3) is 0 Å². The number of nitrogens with zero attached hydrogens (tertiary/aromatic N) is 1. The quantitative estimate of drug-likeness (QED) is 0.897. The first-order valence-corrected chi connectivity index (χ1v) is 7.84. The van der Waals surface area contributed by atoms with Crippen LogP contribution in [0.4, 0.5) is 5.13 Å². The molecule has 20 heavy (non-hydrogen) atoms. The van der Waals surface area contributed by atoms with Crippen LogP contribution >= 0.6 is 11.3 Å². The lowest BCUT2D eigenvalue weighted by Crippen LogP contribution is -2.49. The average Bonchev–Trinajstić information content (AvgIpc) is 2.84.